The van der Waals surface area contributed by atoms with E-state index in [1.807, 2.05) is 7.11 Å². The Bertz CT molecular complexity index is 792. The van der Waals surface area contributed by atoms with Gasteiger partial charge < -0.3 is 4.74 Å². The Morgan fingerprint density at radius 3 is 1.85 bits per heavy atom. The zero-order chi connectivity index (χ0) is 18.5. The summed E-state index contributed by atoms with van der Waals surface area (Å²) in [5.41, 5.74) is 3.34. The van der Waals surface area contributed by atoms with E-state index >= 15 is 0 Å². The van der Waals surface area contributed by atoms with E-state index in [0.717, 1.165) is 19.5 Å². The van der Waals surface area contributed by atoms with E-state index in [-0.39, 0.29) is 0 Å². The minimum absolute atomic E-state index is 0.299. The van der Waals surface area contributed by atoms with E-state index in [9.17, 15) is 0 Å². The molecule has 1 fully saturated rings. The Hall–Kier alpha value is -2.42. The van der Waals surface area contributed by atoms with Crippen LogP contribution in [0.1, 0.15) is 29.5 Å². The summed E-state index contributed by atoms with van der Waals surface area (Å²) in [4.78, 5) is 2.60. The highest BCUT2D eigenvalue weighted by Crippen LogP contribution is 2.43. The molecule has 0 amide bonds. The SMILES string of the molecule is COC(c1ccccc1)(c1ccccc1)[C@@H]1CCCN1Cc1ccccc1. The average Bonchev–Trinajstić information content (AvgIpc) is 3.20. The third-order valence-corrected chi connectivity index (χ3v) is 5.79. The molecule has 1 saturated heterocycles. The third-order valence-electron chi connectivity index (χ3n) is 5.79. The van der Waals surface area contributed by atoms with Crippen LogP contribution in [0.15, 0.2) is 91.0 Å². The monoisotopic (exact) mass is 357 g/mol. The Morgan fingerprint density at radius 2 is 1.33 bits per heavy atom. The molecule has 2 heteroatoms. The number of likely N-dealkylation sites (tertiary alicyclic amines) is 1. The number of rotatable bonds is 6. The molecule has 138 valence electrons. The van der Waals surface area contributed by atoms with Gasteiger partial charge in [-0.1, -0.05) is 91.0 Å². The van der Waals surface area contributed by atoms with Crippen LogP contribution >= 0.6 is 0 Å². The lowest BCUT2D eigenvalue weighted by molar-refractivity contribution is -0.0441. The van der Waals surface area contributed by atoms with Crippen molar-refractivity contribution in [3.05, 3.63) is 108 Å². The molecule has 2 nitrogen and oxygen atoms in total. The molecule has 0 unspecified atom stereocenters. The van der Waals surface area contributed by atoms with Gasteiger partial charge in [-0.15, -0.1) is 0 Å². The van der Waals surface area contributed by atoms with Crippen molar-refractivity contribution in [1.82, 2.24) is 4.90 Å². The molecule has 0 aliphatic carbocycles. The molecule has 0 saturated carbocycles. The quantitative estimate of drug-likeness (QED) is 0.598. The van der Waals surface area contributed by atoms with Crippen molar-refractivity contribution in [1.29, 1.82) is 0 Å². The van der Waals surface area contributed by atoms with Gasteiger partial charge in [0.15, 0.2) is 0 Å². The topological polar surface area (TPSA) is 12.5 Å². The van der Waals surface area contributed by atoms with Crippen LogP contribution in [0, 0.1) is 0 Å². The first kappa shape index (κ1) is 18.0. The summed E-state index contributed by atoms with van der Waals surface area (Å²) in [5, 5.41) is 0. The van der Waals surface area contributed by atoms with E-state index in [1.54, 1.807) is 0 Å². The van der Waals surface area contributed by atoms with Crippen LogP contribution in [-0.2, 0) is 16.9 Å². The van der Waals surface area contributed by atoms with Crippen LogP contribution in [0.2, 0.25) is 0 Å². The van der Waals surface area contributed by atoms with Gasteiger partial charge in [-0.2, -0.15) is 0 Å². The average molecular weight is 357 g/mol. The first-order chi connectivity index (χ1) is 13.3. The number of methoxy groups -OCH3 is 1. The number of benzene rings is 3. The molecule has 3 aromatic carbocycles. The molecular weight excluding hydrogens is 330 g/mol. The number of hydrogen-bond donors (Lipinski definition) is 0. The van der Waals surface area contributed by atoms with Crippen LogP contribution in [0.3, 0.4) is 0 Å². The molecule has 0 spiro atoms. The second-order valence-corrected chi connectivity index (χ2v) is 7.29. The maximum absolute atomic E-state index is 6.42. The summed E-state index contributed by atoms with van der Waals surface area (Å²) in [6.07, 6.45) is 2.33. The number of hydrogen-bond acceptors (Lipinski definition) is 2. The summed E-state index contributed by atoms with van der Waals surface area (Å²) in [7, 11) is 1.86. The molecule has 1 aliphatic heterocycles. The van der Waals surface area contributed by atoms with Crippen LogP contribution in [0.4, 0.5) is 0 Å². The summed E-state index contributed by atoms with van der Waals surface area (Å²) in [5.74, 6) is 0. The maximum atomic E-state index is 6.42. The molecule has 1 heterocycles. The minimum atomic E-state index is -0.464. The second-order valence-electron chi connectivity index (χ2n) is 7.29. The first-order valence-electron chi connectivity index (χ1n) is 9.79. The van der Waals surface area contributed by atoms with Gasteiger partial charge in [-0.3, -0.25) is 4.90 Å². The van der Waals surface area contributed by atoms with Gasteiger partial charge in [0.2, 0.25) is 0 Å². The molecule has 0 bridgehead atoms. The van der Waals surface area contributed by atoms with Gasteiger partial charge in [0.25, 0.3) is 0 Å². The highest BCUT2D eigenvalue weighted by Gasteiger charge is 2.47. The van der Waals surface area contributed by atoms with Crippen LogP contribution in [-0.4, -0.2) is 24.6 Å². The Kier molecular flexibility index (Phi) is 5.38. The lowest BCUT2D eigenvalue weighted by Crippen LogP contribution is -2.49. The molecule has 0 aromatic heterocycles. The lowest BCUT2D eigenvalue weighted by atomic mass is 9.78. The van der Waals surface area contributed by atoms with Gasteiger partial charge in [-0.05, 0) is 36.1 Å². The van der Waals surface area contributed by atoms with Crippen molar-refractivity contribution < 1.29 is 4.74 Å². The van der Waals surface area contributed by atoms with Crippen molar-refractivity contribution in [2.45, 2.75) is 31.0 Å². The zero-order valence-electron chi connectivity index (χ0n) is 15.9. The van der Waals surface area contributed by atoms with Crippen molar-refractivity contribution in [3.8, 4) is 0 Å². The van der Waals surface area contributed by atoms with E-state index in [4.69, 9.17) is 4.74 Å². The van der Waals surface area contributed by atoms with Crippen LogP contribution < -0.4 is 0 Å². The largest absolute Gasteiger partial charge is 0.367 e. The summed E-state index contributed by atoms with van der Waals surface area (Å²) >= 11 is 0. The fourth-order valence-corrected chi connectivity index (χ4v) is 4.59. The van der Waals surface area contributed by atoms with Gasteiger partial charge in [0.1, 0.15) is 5.60 Å². The Morgan fingerprint density at radius 1 is 0.815 bits per heavy atom. The van der Waals surface area contributed by atoms with E-state index < -0.39 is 5.60 Å². The maximum Gasteiger partial charge on any atom is 0.133 e. The number of nitrogens with zero attached hydrogens (tertiary/aromatic N) is 1. The van der Waals surface area contributed by atoms with Gasteiger partial charge >= 0.3 is 0 Å². The van der Waals surface area contributed by atoms with E-state index in [1.165, 1.54) is 23.1 Å². The van der Waals surface area contributed by atoms with Crippen molar-refractivity contribution in [2.75, 3.05) is 13.7 Å². The minimum Gasteiger partial charge on any atom is -0.367 e. The van der Waals surface area contributed by atoms with E-state index in [2.05, 4.69) is 95.9 Å². The smallest absolute Gasteiger partial charge is 0.133 e. The van der Waals surface area contributed by atoms with Crippen molar-refractivity contribution in [3.63, 3.8) is 0 Å². The van der Waals surface area contributed by atoms with Crippen molar-refractivity contribution in [2.24, 2.45) is 0 Å². The van der Waals surface area contributed by atoms with Crippen LogP contribution in [0.25, 0.3) is 0 Å². The molecule has 4 rings (SSSR count). The zero-order valence-corrected chi connectivity index (χ0v) is 15.9. The Balaban J connectivity index is 1.78. The highest BCUT2D eigenvalue weighted by atomic mass is 16.5. The number of ether oxygens (including phenoxy) is 1. The second kappa shape index (κ2) is 8.08. The standard InChI is InChI=1S/C25H27NO/c1-27-25(22-14-7-3-8-15-22,23-16-9-4-10-17-23)24-18-11-19-26(24)20-21-12-5-2-6-13-21/h2-10,12-17,24H,11,18-20H2,1H3/t24-/m0/s1. The van der Waals surface area contributed by atoms with E-state index in [0.29, 0.717) is 6.04 Å². The lowest BCUT2D eigenvalue weighted by Gasteiger charge is -2.43. The molecule has 1 aliphatic rings. The molecule has 1 atom stereocenters. The van der Waals surface area contributed by atoms with Gasteiger partial charge in [0, 0.05) is 19.7 Å². The first-order valence-corrected chi connectivity index (χ1v) is 9.79. The predicted octanol–water partition coefficient (Wildman–Crippen LogP) is 5.24. The highest BCUT2D eigenvalue weighted by molar-refractivity contribution is 5.39. The normalized spacial score (nSPS) is 17.9. The predicted molar refractivity (Wildman–Crippen MR) is 111 cm³/mol. The molecule has 27 heavy (non-hydrogen) atoms. The summed E-state index contributed by atoms with van der Waals surface area (Å²) < 4.78 is 6.42. The van der Waals surface area contributed by atoms with Crippen LogP contribution in [0.5, 0.6) is 0 Å². The van der Waals surface area contributed by atoms with Gasteiger partial charge in [-0.25, -0.2) is 0 Å². The summed E-state index contributed by atoms with van der Waals surface area (Å²) in [6, 6.07) is 32.5. The molecule has 0 radical (unpaired) electrons. The fraction of sp³-hybridized carbons (Fsp3) is 0.280. The Labute approximate surface area is 162 Å². The molecule has 0 N–H and O–H groups in total. The molecule has 3 aromatic rings. The fourth-order valence-electron chi connectivity index (χ4n) is 4.59. The van der Waals surface area contributed by atoms with Gasteiger partial charge in [0.05, 0.1) is 0 Å². The summed E-state index contributed by atoms with van der Waals surface area (Å²) in [6.45, 7) is 2.06. The molecular formula is C25H27NO. The third kappa shape index (κ3) is 3.43. The van der Waals surface area contributed by atoms with Crippen molar-refractivity contribution >= 4 is 0 Å².